The van der Waals surface area contributed by atoms with Crippen LogP contribution in [0, 0.1) is 5.41 Å². The Hall–Kier alpha value is -1.23. The largest absolute Gasteiger partial charge is 0.396 e. The third kappa shape index (κ3) is 3.18. The van der Waals surface area contributed by atoms with Crippen molar-refractivity contribution in [1.82, 2.24) is 10.3 Å². The van der Waals surface area contributed by atoms with Gasteiger partial charge in [0.05, 0.1) is 4.88 Å². The minimum absolute atomic E-state index is 0.0273. The van der Waals surface area contributed by atoms with Crippen LogP contribution in [0.25, 0.3) is 10.4 Å². The zero-order valence-electron chi connectivity index (χ0n) is 12.4. The molecule has 1 saturated carbocycles. The maximum atomic E-state index is 9.59. The normalized spacial score (nSPS) is 25.3. The zero-order valence-corrected chi connectivity index (χ0v) is 13.2. The molecule has 1 aliphatic rings. The molecule has 1 aromatic heterocycles. The minimum atomic E-state index is 0.0273. The smallest absolute Gasteiger partial charge is 0.107 e. The summed E-state index contributed by atoms with van der Waals surface area (Å²) in [4.78, 5) is 5.73. The molecule has 0 amide bonds. The lowest BCUT2D eigenvalue weighted by Crippen LogP contribution is -2.41. The molecule has 112 valence electrons. The molecule has 2 N–H and O–H groups in total. The lowest BCUT2D eigenvalue weighted by atomic mass is 9.86. The first kappa shape index (κ1) is 14.7. The third-order valence-electron chi connectivity index (χ3n) is 4.55. The van der Waals surface area contributed by atoms with Gasteiger partial charge in [-0.2, -0.15) is 0 Å². The van der Waals surface area contributed by atoms with Crippen LogP contribution in [-0.4, -0.2) is 22.7 Å². The second kappa shape index (κ2) is 6.26. The topological polar surface area (TPSA) is 45.1 Å². The monoisotopic (exact) mass is 302 g/mol. The average Bonchev–Trinajstić information content (AvgIpc) is 3.13. The lowest BCUT2D eigenvalue weighted by molar-refractivity contribution is 0.118. The van der Waals surface area contributed by atoms with Crippen LogP contribution in [0.4, 0.5) is 0 Å². The van der Waals surface area contributed by atoms with Gasteiger partial charge in [-0.3, -0.25) is 0 Å². The quantitative estimate of drug-likeness (QED) is 0.889. The van der Waals surface area contributed by atoms with Crippen LogP contribution >= 0.6 is 11.3 Å². The van der Waals surface area contributed by atoms with E-state index in [2.05, 4.69) is 41.5 Å². The molecule has 1 heterocycles. The highest BCUT2D eigenvalue weighted by molar-refractivity contribution is 7.15. The van der Waals surface area contributed by atoms with E-state index in [1.54, 1.807) is 11.3 Å². The molecule has 1 fully saturated rings. The van der Waals surface area contributed by atoms with Gasteiger partial charge in [-0.15, -0.1) is 11.3 Å². The molecule has 0 saturated heterocycles. The summed E-state index contributed by atoms with van der Waals surface area (Å²) in [6.07, 6.45) is 5.40. The van der Waals surface area contributed by atoms with Crippen molar-refractivity contribution >= 4 is 11.3 Å². The highest BCUT2D eigenvalue weighted by Gasteiger charge is 2.37. The zero-order chi connectivity index (χ0) is 14.7. The van der Waals surface area contributed by atoms with Crippen molar-refractivity contribution in [3.05, 3.63) is 41.5 Å². The predicted molar refractivity (Wildman–Crippen MR) is 87.2 cm³/mol. The molecule has 1 aliphatic carbocycles. The SMILES string of the molecule is CC1(CO)CCCC1NCc1ncc(-c2ccccc2)s1. The van der Waals surface area contributed by atoms with Crippen LogP contribution in [-0.2, 0) is 6.54 Å². The number of nitrogens with one attached hydrogen (secondary N) is 1. The van der Waals surface area contributed by atoms with Gasteiger partial charge in [-0.25, -0.2) is 4.98 Å². The Morgan fingerprint density at radius 2 is 2.19 bits per heavy atom. The highest BCUT2D eigenvalue weighted by Crippen LogP contribution is 2.37. The molecule has 0 radical (unpaired) electrons. The number of aromatic nitrogens is 1. The summed E-state index contributed by atoms with van der Waals surface area (Å²) in [5.41, 5.74) is 1.25. The van der Waals surface area contributed by atoms with Crippen molar-refractivity contribution in [2.24, 2.45) is 5.41 Å². The molecule has 0 bridgehead atoms. The van der Waals surface area contributed by atoms with Gasteiger partial charge in [0, 0.05) is 30.8 Å². The van der Waals surface area contributed by atoms with E-state index in [0.29, 0.717) is 6.04 Å². The lowest BCUT2D eigenvalue weighted by Gasteiger charge is -2.30. The molecular weight excluding hydrogens is 280 g/mol. The second-order valence-electron chi connectivity index (χ2n) is 6.12. The third-order valence-corrected chi connectivity index (χ3v) is 5.60. The summed E-state index contributed by atoms with van der Waals surface area (Å²) >= 11 is 1.74. The Balaban J connectivity index is 1.63. The number of aliphatic hydroxyl groups is 1. The Morgan fingerprint density at radius 1 is 1.38 bits per heavy atom. The fourth-order valence-electron chi connectivity index (χ4n) is 3.11. The number of nitrogens with zero attached hydrogens (tertiary/aromatic N) is 1. The number of rotatable bonds is 5. The molecule has 2 aromatic rings. The van der Waals surface area contributed by atoms with Crippen molar-refractivity contribution in [3.63, 3.8) is 0 Å². The average molecular weight is 302 g/mol. The van der Waals surface area contributed by atoms with E-state index in [9.17, 15) is 5.11 Å². The van der Waals surface area contributed by atoms with E-state index in [0.717, 1.165) is 24.4 Å². The van der Waals surface area contributed by atoms with Crippen LogP contribution in [0.5, 0.6) is 0 Å². The molecule has 3 rings (SSSR count). The second-order valence-corrected chi connectivity index (χ2v) is 7.24. The van der Waals surface area contributed by atoms with Crippen LogP contribution in [0.2, 0.25) is 0 Å². The summed E-state index contributed by atoms with van der Waals surface area (Å²) in [5, 5.41) is 14.3. The van der Waals surface area contributed by atoms with E-state index < -0.39 is 0 Å². The fourth-order valence-corrected chi connectivity index (χ4v) is 3.98. The number of aliphatic hydroxyl groups excluding tert-OH is 1. The van der Waals surface area contributed by atoms with E-state index in [4.69, 9.17) is 0 Å². The predicted octanol–water partition coefficient (Wildman–Crippen LogP) is 3.45. The van der Waals surface area contributed by atoms with Crippen LogP contribution in [0.15, 0.2) is 36.5 Å². The van der Waals surface area contributed by atoms with Crippen molar-refractivity contribution < 1.29 is 5.11 Å². The van der Waals surface area contributed by atoms with E-state index >= 15 is 0 Å². The van der Waals surface area contributed by atoms with Gasteiger partial charge in [-0.1, -0.05) is 43.7 Å². The summed E-state index contributed by atoms with van der Waals surface area (Å²) in [7, 11) is 0. The van der Waals surface area contributed by atoms with Crippen LogP contribution in [0.3, 0.4) is 0 Å². The highest BCUT2D eigenvalue weighted by atomic mass is 32.1. The molecule has 2 unspecified atom stereocenters. The minimum Gasteiger partial charge on any atom is -0.396 e. The van der Waals surface area contributed by atoms with E-state index in [1.807, 2.05) is 12.3 Å². The van der Waals surface area contributed by atoms with Gasteiger partial charge in [0.2, 0.25) is 0 Å². The number of benzene rings is 1. The van der Waals surface area contributed by atoms with Crippen LogP contribution < -0.4 is 5.32 Å². The van der Waals surface area contributed by atoms with Gasteiger partial charge in [0.15, 0.2) is 0 Å². The molecule has 2 atom stereocenters. The van der Waals surface area contributed by atoms with Gasteiger partial charge >= 0.3 is 0 Å². The van der Waals surface area contributed by atoms with Gasteiger partial charge in [0.25, 0.3) is 0 Å². The van der Waals surface area contributed by atoms with E-state index in [1.165, 1.54) is 16.9 Å². The first-order chi connectivity index (χ1) is 10.2. The summed E-state index contributed by atoms with van der Waals surface area (Å²) in [6, 6.07) is 10.8. The van der Waals surface area contributed by atoms with Crippen molar-refractivity contribution in [3.8, 4) is 10.4 Å². The van der Waals surface area contributed by atoms with Gasteiger partial charge in [-0.05, 0) is 18.4 Å². The van der Waals surface area contributed by atoms with Gasteiger partial charge in [0.1, 0.15) is 5.01 Å². The van der Waals surface area contributed by atoms with Crippen molar-refractivity contribution in [1.29, 1.82) is 0 Å². The van der Waals surface area contributed by atoms with Gasteiger partial charge < -0.3 is 10.4 Å². The Bertz CT molecular complexity index is 583. The molecule has 0 spiro atoms. The maximum absolute atomic E-state index is 9.59. The number of hydrogen-bond donors (Lipinski definition) is 2. The standard InChI is InChI=1S/C17H22N2OS/c1-17(12-20)9-5-8-15(17)18-11-16-19-10-14(21-16)13-6-3-2-4-7-13/h2-4,6-7,10,15,18,20H,5,8-9,11-12H2,1H3. The molecule has 21 heavy (non-hydrogen) atoms. The molecule has 0 aliphatic heterocycles. The first-order valence-corrected chi connectivity index (χ1v) is 8.37. The Kier molecular flexibility index (Phi) is 4.38. The summed E-state index contributed by atoms with van der Waals surface area (Å²) in [6.45, 7) is 3.23. The van der Waals surface area contributed by atoms with E-state index in [-0.39, 0.29) is 12.0 Å². The first-order valence-electron chi connectivity index (χ1n) is 7.56. The van der Waals surface area contributed by atoms with Crippen LogP contribution in [0.1, 0.15) is 31.2 Å². The van der Waals surface area contributed by atoms with Crippen molar-refractivity contribution in [2.45, 2.75) is 38.8 Å². The number of hydrogen-bond acceptors (Lipinski definition) is 4. The summed E-state index contributed by atoms with van der Waals surface area (Å²) < 4.78 is 0. The molecular formula is C17H22N2OS. The Morgan fingerprint density at radius 3 is 2.95 bits per heavy atom. The Labute approximate surface area is 130 Å². The fraction of sp³-hybridized carbons (Fsp3) is 0.471. The summed E-state index contributed by atoms with van der Waals surface area (Å²) in [5.74, 6) is 0. The molecule has 3 nitrogen and oxygen atoms in total. The number of thiazole rings is 1. The van der Waals surface area contributed by atoms with Crippen molar-refractivity contribution in [2.75, 3.05) is 6.61 Å². The maximum Gasteiger partial charge on any atom is 0.107 e. The molecule has 1 aromatic carbocycles. The molecule has 4 heteroatoms.